The lowest BCUT2D eigenvalue weighted by molar-refractivity contribution is -0.118. The summed E-state index contributed by atoms with van der Waals surface area (Å²) in [5, 5.41) is 11.7. The Morgan fingerprint density at radius 1 is 1.50 bits per heavy atom. The van der Waals surface area contributed by atoms with Crippen LogP contribution in [-0.4, -0.2) is 19.1 Å². The number of nitriles is 1. The summed E-state index contributed by atoms with van der Waals surface area (Å²) in [5.74, 6) is 0.134. The number of hydrogen-bond donors (Lipinski definition) is 2. The number of nitrogens with two attached hydrogens (primary N) is 1. The van der Waals surface area contributed by atoms with Crippen LogP contribution in [0.1, 0.15) is 19.4 Å². The van der Waals surface area contributed by atoms with Crippen molar-refractivity contribution in [3.05, 3.63) is 23.8 Å². The van der Waals surface area contributed by atoms with Gasteiger partial charge in [0.25, 0.3) is 0 Å². The minimum absolute atomic E-state index is 0.0187. The first-order valence-corrected chi connectivity index (χ1v) is 5.64. The van der Waals surface area contributed by atoms with E-state index in [9.17, 15) is 4.79 Å². The molecule has 0 aliphatic rings. The van der Waals surface area contributed by atoms with Crippen LogP contribution in [0.25, 0.3) is 0 Å². The Morgan fingerprint density at radius 3 is 2.67 bits per heavy atom. The van der Waals surface area contributed by atoms with E-state index in [1.807, 2.05) is 19.9 Å². The zero-order valence-corrected chi connectivity index (χ0v) is 10.7. The molecule has 1 aromatic rings. The van der Waals surface area contributed by atoms with Crippen LogP contribution in [0.3, 0.4) is 0 Å². The van der Waals surface area contributed by atoms with Crippen molar-refractivity contribution in [2.45, 2.75) is 19.9 Å². The van der Waals surface area contributed by atoms with Crippen LogP contribution in [0.15, 0.2) is 18.2 Å². The van der Waals surface area contributed by atoms with Crippen LogP contribution in [0.5, 0.6) is 5.75 Å². The third kappa shape index (κ3) is 2.99. The van der Waals surface area contributed by atoms with Gasteiger partial charge < -0.3 is 15.8 Å². The van der Waals surface area contributed by atoms with Crippen LogP contribution in [0.4, 0.5) is 5.69 Å². The van der Waals surface area contributed by atoms with E-state index in [1.54, 1.807) is 18.2 Å². The first-order valence-electron chi connectivity index (χ1n) is 5.64. The van der Waals surface area contributed by atoms with Crippen molar-refractivity contribution in [2.24, 2.45) is 11.7 Å². The summed E-state index contributed by atoms with van der Waals surface area (Å²) in [4.78, 5) is 11.9. The van der Waals surface area contributed by atoms with Gasteiger partial charge in [-0.15, -0.1) is 0 Å². The van der Waals surface area contributed by atoms with E-state index in [-0.39, 0.29) is 11.8 Å². The maximum absolute atomic E-state index is 11.9. The zero-order valence-electron chi connectivity index (χ0n) is 10.7. The Balaban J connectivity index is 3.04. The molecule has 0 aliphatic heterocycles. The first kappa shape index (κ1) is 14.0. The Hall–Kier alpha value is -2.06. The number of carbonyl (C=O) groups is 1. The molecule has 1 amide bonds. The molecule has 0 spiro atoms. The number of anilines is 1. The fourth-order valence-corrected chi connectivity index (χ4v) is 1.43. The number of nitrogens with zero attached hydrogens (tertiary/aromatic N) is 1. The molecule has 1 rings (SSSR count). The fourth-order valence-electron chi connectivity index (χ4n) is 1.43. The second kappa shape index (κ2) is 6.03. The zero-order chi connectivity index (χ0) is 13.7. The van der Waals surface area contributed by atoms with Gasteiger partial charge in [0.2, 0.25) is 5.91 Å². The molecule has 5 nitrogen and oxygen atoms in total. The number of nitrogens with one attached hydrogen (secondary N) is 1. The van der Waals surface area contributed by atoms with Crippen LogP contribution < -0.4 is 15.8 Å². The number of amides is 1. The van der Waals surface area contributed by atoms with Crippen molar-refractivity contribution in [1.82, 2.24) is 0 Å². The van der Waals surface area contributed by atoms with Gasteiger partial charge in [-0.1, -0.05) is 19.9 Å². The highest BCUT2D eigenvalue weighted by Gasteiger charge is 2.20. The highest BCUT2D eigenvalue weighted by Crippen LogP contribution is 2.28. The van der Waals surface area contributed by atoms with Crippen molar-refractivity contribution in [3.8, 4) is 11.8 Å². The first-order chi connectivity index (χ1) is 8.51. The molecule has 96 valence electrons. The Kier molecular flexibility index (Phi) is 4.69. The Morgan fingerprint density at radius 2 is 2.17 bits per heavy atom. The van der Waals surface area contributed by atoms with Gasteiger partial charge in [0, 0.05) is 0 Å². The van der Waals surface area contributed by atoms with E-state index in [0.717, 1.165) is 0 Å². The van der Waals surface area contributed by atoms with Gasteiger partial charge in [0.1, 0.15) is 17.5 Å². The van der Waals surface area contributed by atoms with Gasteiger partial charge in [-0.25, -0.2) is 0 Å². The van der Waals surface area contributed by atoms with Gasteiger partial charge in [-0.3, -0.25) is 4.79 Å². The number of hydrogen-bond acceptors (Lipinski definition) is 4. The van der Waals surface area contributed by atoms with E-state index < -0.39 is 6.04 Å². The van der Waals surface area contributed by atoms with Crippen molar-refractivity contribution >= 4 is 11.6 Å². The van der Waals surface area contributed by atoms with Crippen LogP contribution in [-0.2, 0) is 4.79 Å². The Labute approximate surface area is 107 Å². The van der Waals surface area contributed by atoms with E-state index in [0.29, 0.717) is 17.0 Å². The number of rotatable bonds is 4. The van der Waals surface area contributed by atoms with Crippen LogP contribution in [0.2, 0.25) is 0 Å². The molecule has 0 fully saturated rings. The summed E-state index contributed by atoms with van der Waals surface area (Å²) in [6.07, 6.45) is 0. The molecular formula is C13H17N3O2. The van der Waals surface area contributed by atoms with Gasteiger partial charge in [-0.2, -0.15) is 5.26 Å². The topological polar surface area (TPSA) is 88.1 Å². The smallest absolute Gasteiger partial charge is 0.241 e. The molecule has 1 atom stereocenters. The van der Waals surface area contributed by atoms with E-state index >= 15 is 0 Å². The fraction of sp³-hybridized carbons (Fsp3) is 0.385. The number of para-hydroxylation sites is 1. The summed E-state index contributed by atoms with van der Waals surface area (Å²) in [5.41, 5.74) is 6.47. The molecule has 3 N–H and O–H groups in total. The second-order valence-electron chi connectivity index (χ2n) is 4.25. The highest BCUT2D eigenvalue weighted by atomic mass is 16.5. The van der Waals surface area contributed by atoms with E-state index in [2.05, 4.69) is 5.32 Å². The Bertz CT molecular complexity index is 478. The van der Waals surface area contributed by atoms with Crippen molar-refractivity contribution in [1.29, 1.82) is 5.26 Å². The second-order valence-corrected chi connectivity index (χ2v) is 4.25. The molecular weight excluding hydrogens is 230 g/mol. The summed E-state index contributed by atoms with van der Waals surface area (Å²) in [6.45, 7) is 3.72. The molecule has 18 heavy (non-hydrogen) atoms. The molecule has 0 aromatic heterocycles. The molecule has 5 heteroatoms. The van der Waals surface area contributed by atoms with Gasteiger partial charge in [-0.05, 0) is 18.1 Å². The third-order valence-electron chi connectivity index (χ3n) is 2.64. The molecule has 0 bridgehead atoms. The SMILES string of the molecule is COc1cccc(C#N)c1NC(=O)[C@@H](N)C(C)C. The van der Waals surface area contributed by atoms with Gasteiger partial charge in [0.05, 0.1) is 18.7 Å². The molecule has 0 saturated heterocycles. The van der Waals surface area contributed by atoms with Crippen LogP contribution in [0, 0.1) is 17.2 Å². The van der Waals surface area contributed by atoms with Crippen molar-refractivity contribution < 1.29 is 9.53 Å². The number of benzene rings is 1. The molecule has 0 unspecified atom stereocenters. The average molecular weight is 247 g/mol. The minimum atomic E-state index is -0.624. The standard InChI is InChI=1S/C13H17N3O2/c1-8(2)11(15)13(17)16-12-9(7-14)5-4-6-10(12)18-3/h4-6,8,11H,15H2,1-3H3,(H,16,17)/t11-/m0/s1. The summed E-state index contributed by atoms with van der Waals surface area (Å²) >= 11 is 0. The minimum Gasteiger partial charge on any atom is -0.495 e. The molecule has 1 aromatic carbocycles. The van der Waals surface area contributed by atoms with E-state index in [1.165, 1.54) is 7.11 Å². The summed E-state index contributed by atoms with van der Waals surface area (Å²) in [7, 11) is 1.48. The highest BCUT2D eigenvalue weighted by molar-refractivity contribution is 5.97. The lowest BCUT2D eigenvalue weighted by atomic mass is 10.0. The van der Waals surface area contributed by atoms with Crippen LogP contribution >= 0.6 is 0 Å². The normalized spacial score (nSPS) is 11.8. The van der Waals surface area contributed by atoms with Gasteiger partial charge >= 0.3 is 0 Å². The predicted molar refractivity (Wildman–Crippen MR) is 69.2 cm³/mol. The van der Waals surface area contributed by atoms with E-state index in [4.69, 9.17) is 15.7 Å². The maximum Gasteiger partial charge on any atom is 0.241 e. The number of carbonyl (C=O) groups excluding carboxylic acids is 1. The molecule has 0 heterocycles. The van der Waals surface area contributed by atoms with Crippen molar-refractivity contribution in [3.63, 3.8) is 0 Å². The largest absolute Gasteiger partial charge is 0.495 e. The third-order valence-corrected chi connectivity index (χ3v) is 2.64. The average Bonchev–Trinajstić information content (AvgIpc) is 2.37. The molecule has 0 aliphatic carbocycles. The summed E-state index contributed by atoms with van der Waals surface area (Å²) < 4.78 is 5.12. The molecule has 0 saturated carbocycles. The maximum atomic E-state index is 11.9. The summed E-state index contributed by atoms with van der Waals surface area (Å²) in [6, 6.07) is 6.36. The van der Waals surface area contributed by atoms with Gasteiger partial charge in [0.15, 0.2) is 0 Å². The number of ether oxygens (including phenoxy) is 1. The van der Waals surface area contributed by atoms with Crippen molar-refractivity contribution in [2.75, 3.05) is 12.4 Å². The lowest BCUT2D eigenvalue weighted by Gasteiger charge is -2.17. The monoisotopic (exact) mass is 247 g/mol. The molecule has 0 radical (unpaired) electrons. The predicted octanol–water partition coefficient (Wildman–Crippen LogP) is 1.49. The lowest BCUT2D eigenvalue weighted by Crippen LogP contribution is -2.40. The number of methoxy groups -OCH3 is 1. The quantitative estimate of drug-likeness (QED) is 0.843.